The van der Waals surface area contributed by atoms with Crippen LogP contribution in [0.15, 0.2) is 48.5 Å². The molecule has 0 aliphatic carbocycles. The summed E-state index contributed by atoms with van der Waals surface area (Å²) < 4.78 is 10.3. The fourth-order valence-electron chi connectivity index (χ4n) is 1.65. The van der Waals surface area contributed by atoms with Gasteiger partial charge in [-0.3, -0.25) is 0 Å². The first-order valence-corrected chi connectivity index (χ1v) is 5.68. The Morgan fingerprint density at radius 3 is 2.06 bits per heavy atom. The second kappa shape index (κ2) is 5.36. The molecule has 0 aromatic heterocycles. The van der Waals surface area contributed by atoms with E-state index in [0.29, 0.717) is 11.5 Å². The minimum absolute atomic E-state index is 0.466. The van der Waals surface area contributed by atoms with Gasteiger partial charge in [0.25, 0.3) is 0 Å². The summed E-state index contributed by atoms with van der Waals surface area (Å²) in [4.78, 5) is 11.6. The molecule has 0 fully saturated rings. The number of para-hydroxylation sites is 2. The average molecular weight is 242 g/mol. The topological polar surface area (TPSA) is 35.5 Å². The second-order valence-corrected chi connectivity index (χ2v) is 3.99. The van der Waals surface area contributed by atoms with Crippen LogP contribution in [0.2, 0.25) is 0 Å². The molecule has 0 aliphatic heterocycles. The molecule has 3 heteroatoms. The molecule has 0 radical (unpaired) electrons. The van der Waals surface area contributed by atoms with Gasteiger partial charge in [-0.25, -0.2) is 4.79 Å². The summed E-state index contributed by atoms with van der Waals surface area (Å²) in [6.45, 7) is 3.77. The van der Waals surface area contributed by atoms with E-state index in [2.05, 4.69) is 0 Å². The summed E-state index contributed by atoms with van der Waals surface area (Å²) in [5.41, 5.74) is 1.81. The van der Waals surface area contributed by atoms with Gasteiger partial charge in [-0.15, -0.1) is 0 Å². The van der Waals surface area contributed by atoms with Crippen molar-refractivity contribution in [1.29, 1.82) is 0 Å². The SMILES string of the molecule is Cc1cccc(C)c1OC(=O)Oc1ccccc1. The summed E-state index contributed by atoms with van der Waals surface area (Å²) in [5.74, 6) is 1.02. The standard InChI is InChI=1S/C15H14O3/c1-11-7-6-8-12(2)14(11)18-15(16)17-13-9-4-3-5-10-13/h3-10H,1-2H3. The Morgan fingerprint density at radius 2 is 1.44 bits per heavy atom. The molecule has 0 saturated carbocycles. The Labute approximate surface area is 106 Å². The molecule has 0 bridgehead atoms. The number of benzene rings is 2. The highest BCUT2D eigenvalue weighted by molar-refractivity contribution is 5.68. The van der Waals surface area contributed by atoms with Crippen molar-refractivity contribution in [2.24, 2.45) is 0 Å². The van der Waals surface area contributed by atoms with Gasteiger partial charge in [-0.1, -0.05) is 36.4 Å². The molecule has 3 nitrogen and oxygen atoms in total. The number of hydrogen-bond acceptors (Lipinski definition) is 3. The van der Waals surface area contributed by atoms with E-state index in [4.69, 9.17) is 9.47 Å². The van der Waals surface area contributed by atoms with E-state index in [9.17, 15) is 4.79 Å². The minimum atomic E-state index is -0.724. The van der Waals surface area contributed by atoms with E-state index in [-0.39, 0.29) is 0 Å². The summed E-state index contributed by atoms with van der Waals surface area (Å²) in [6, 6.07) is 14.5. The fourth-order valence-corrected chi connectivity index (χ4v) is 1.65. The van der Waals surface area contributed by atoms with Gasteiger partial charge in [-0.2, -0.15) is 0 Å². The highest BCUT2D eigenvalue weighted by atomic mass is 16.7. The van der Waals surface area contributed by atoms with E-state index in [1.807, 2.05) is 38.1 Å². The summed E-state index contributed by atoms with van der Waals surface area (Å²) in [5, 5.41) is 0. The third-order valence-electron chi connectivity index (χ3n) is 2.54. The molecule has 0 saturated heterocycles. The predicted molar refractivity (Wildman–Crippen MR) is 69.0 cm³/mol. The van der Waals surface area contributed by atoms with Crippen molar-refractivity contribution in [2.75, 3.05) is 0 Å². The molecule has 18 heavy (non-hydrogen) atoms. The molecule has 2 aromatic carbocycles. The lowest BCUT2D eigenvalue weighted by Crippen LogP contribution is -2.14. The zero-order valence-electron chi connectivity index (χ0n) is 10.3. The van der Waals surface area contributed by atoms with Gasteiger partial charge in [0, 0.05) is 0 Å². The maximum absolute atomic E-state index is 11.6. The quantitative estimate of drug-likeness (QED) is 0.592. The molecule has 0 heterocycles. The Morgan fingerprint density at radius 1 is 0.833 bits per heavy atom. The second-order valence-electron chi connectivity index (χ2n) is 3.99. The third-order valence-corrected chi connectivity index (χ3v) is 2.54. The predicted octanol–water partition coefficient (Wildman–Crippen LogP) is 3.88. The normalized spacial score (nSPS) is 9.89. The Balaban J connectivity index is 2.08. The molecule has 0 spiro atoms. The van der Waals surface area contributed by atoms with Crippen molar-refractivity contribution in [3.63, 3.8) is 0 Å². The van der Waals surface area contributed by atoms with Crippen LogP contribution in [0.4, 0.5) is 4.79 Å². The van der Waals surface area contributed by atoms with Crippen molar-refractivity contribution in [3.8, 4) is 11.5 Å². The molecular formula is C15H14O3. The zero-order valence-corrected chi connectivity index (χ0v) is 10.3. The van der Waals surface area contributed by atoms with Gasteiger partial charge in [0.15, 0.2) is 0 Å². The van der Waals surface area contributed by atoms with Crippen LogP contribution in [0.1, 0.15) is 11.1 Å². The average Bonchev–Trinajstić information content (AvgIpc) is 2.35. The number of carbonyl (C=O) groups excluding carboxylic acids is 1. The first kappa shape index (κ1) is 12.2. The number of carbonyl (C=O) groups is 1. The minimum Gasteiger partial charge on any atom is -0.395 e. The first-order chi connectivity index (χ1) is 8.66. The fraction of sp³-hybridized carbons (Fsp3) is 0.133. The van der Waals surface area contributed by atoms with E-state index in [1.54, 1.807) is 24.3 Å². The number of rotatable bonds is 2. The van der Waals surface area contributed by atoms with Gasteiger partial charge in [0.1, 0.15) is 11.5 Å². The molecule has 0 unspecified atom stereocenters. The van der Waals surface area contributed by atoms with Crippen molar-refractivity contribution in [1.82, 2.24) is 0 Å². The van der Waals surface area contributed by atoms with Crippen LogP contribution >= 0.6 is 0 Å². The highest BCUT2D eigenvalue weighted by Gasteiger charge is 2.11. The van der Waals surface area contributed by atoms with Crippen LogP contribution in [-0.4, -0.2) is 6.16 Å². The first-order valence-electron chi connectivity index (χ1n) is 5.68. The van der Waals surface area contributed by atoms with Gasteiger partial charge in [0.2, 0.25) is 0 Å². The number of hydrogen-bond donors (Lipinski definition) is 0. The number of ether oxygens (including phenoxy) is 2. The van der Waals surface area contributed by atoms with Gasteiger partial charge in [-0.05, 0) is 37.1 Å². The number of aryl methyl sites for hydroxylation is 2. The Kier molecular flexibility index (Phi) is 3.63. The van der Waals surface area contributed by atoms with E-state index in [1.165, 1.54) is 0 Å². The van der Waals surface area contributed by atoms with Crippen molar-refractivity contribution in [2.45, 2.75) is 13.8 Å². The Bertz CT molecular complexity index is 527. The van der Waals surface area contributed by atoms with Gasteiger partial charge >= 0.3 is 6.16 Å². The van der Waals surface area contributed by atoms with Crippen molar-refractivity contribution >= 4 is 6.16 Å². The lowest BCUT2D eigenvalue weighted by Gasteiger charge is -2.10. The van der Waals surface area contributed by atoms with E-state index < -0.39 is 6.16 Å². The van der Waals surface area contributed by atoms with E-state index >= 15 is 0 Å². The van der Waals surface area contributed by atoms with Crippen molar-refractivity contribution in [3.05, 3.63) is 59.7 Å². The van der Waals surface area contributed by atoms with E-state index in [0.717, 1.165) is 11.1 Å². The summed E-state index contributed by atoms with van der Waals surface area (Å²) in [7, 11) is 0. The third kappa shape index (κ3) is 2.88. The largest absolute Gasteiger partial charge is 0.519 e. The maximum atomic E-state index is 11.6. The van der Waals surface area contributed by atoms with Crippen LogP contribution in [0, 0.1) is 13.8 Å². The summed E-state index contributed by atoms with van der Waals surface area (Å²) in [6.07, 6.45) is -0.724. The maximum Gasteiger partial charge on any atom is 0.519 e. The van der Waals surface area contributed by atoms with Crippen LogP contribution in [-0.2, 0) is 0 Å². The Hall–Kier alpha value is -2.29. The molecule has 0 aliphatic rings. The molecule has 0 N–H and O–H groups in total. The van der Waals surface area contributed by atoms with Crippen LogP contribution in [0.25, 0.3) is 0 Å². The van der Waals surface area contributed by atoms with Gasteiger partial charge < -0.3 is 9.47 Å². The summed E-state index contributed by atoms with van der Waals surface area (Å²) >= 11 is 0. The van der Waals surface area contributed by atoms with Crippen LogP contribution < -0.4 is 9.47 Å². The van der Waals surface area contributed by atoms with Crippen LogP contribution in [0.3, 0.4) is 0 Å². The molecular weight excluding hydrogens is 228 g/mol. The molecule has 92 valence electrons. The lowest BCUT2D eigenvalue weighted by atomic mass is 10.1. The molecule has 2 aromatic rings. The molecule has 2 rings (SSSR count). The van der Waals surface area contributed by atoms with Crippen molar-refractivity contribution < 1.29 is 14.3 Å². The highest BCUT2D eigenvalue weighted by Crippen LogP contribution is 2.23. The molecule has 0 amide bonds. The van der Waals surface area contributed by atoms with Gasteiger partial charge in [0.05, 0.1) is 0 Å². The smallest absolute Gasteiger partial charge is 0.395 e. The van der Waals surface area contributed by atoms with Crippen LogP contribution in [0.5, 0.6) is 11.5 Å². The lowest BCUT2D eigenvalue weighted by molar-refractivity contribution is 0.151. The molecule has 0 atom stereocenters. The monoisotopic (exact) mass is 242 g/mol. The zero-order chi connectivity index (χ0) is 13.0.